The monoisotopic (exact) mass is 264 g/mol. The second-order valence-corrected chi connectivity index (χ2v) is 3.83. The highest BCUT2D eigenvalue weighted by Gasteiger charge is 2.07. The minimum Gasteiger partial charge on any atom is -0.347 e. The number of hydrogen-bond donors (Lipinski definition) is 2. The molecule has 100 valence electrons. The molecular weight excluding hydrogens is 252 g/mol. The van der Waals surface area contributed by atoms with E-state index in [1.165, 1.54) is 25.6 Å². The first kappa shape index (κ1) is 12.7. The van der Waals surface area contributed by atoms with Crippen LogP contribution in [0.2, 0.25) is 0 Å². The van der Waals surface area contributed by atoms with E-state index >= 15 is 0 Å². The molecule has 0 bridgehead atoms. The lowest BCUT2D eigenvalue weighted by atomic mass is 10.5. The summed E-state index contributed by atoms with van der Waals surface area (Å²) >= 11 is 0. The summed E-state index contributed by atoms with van der Waals surface area (Å²) in [5.74, 6) is 0.151. The standard InChI is InChI=1S/C10H12N6O3/c1-15-9(18)2-3-16(10(15)19)5-8(17)11-4-7-12-6-13-14-7/h2-3,6H,4-5H2,1H3,(H,11,17)(H,12,13,14). The van der Waals surface area contributed by atoms with Crippen molar-refractivity contribution in [2.45, 2.75) is 13.1 Å². The van der Waals surface area contributed by atoms with Crippen molar-refractivity contribution in [2.24, 2.45) is 7.05 Å². The van der Waals surface area contributed by atoms with Crippen LogP contribution < -0.4 is 16.6 Å². The number of hydrogen-bond acceptors (Lipinski definition) is 5. The second kappa shape index (κ2) is 5.29. The molecule has 9 nitrogen and oxygen atoms in total. The molecule has 0 aliphatic carbocycles. The number of aromatic amines is 1. The number of rotatable bonds is 4. The van der Waals surface area contributed by atoms with Crippen LogP contribution in [0, 0.1) is 0 Å². The number of aromatic nitrogens is 5. The van der Waals surface area contributed by atoms with E-state index in [0.29, 0.717) is 5.82 Å². The van der Waals surface area contributed by atoms with Gasteiger partial charge in [-0.1, -0.05) is 0 Å². The van der Waals surface area contributed by atoms with E-state index in [4.69, 9.17) is 0 Å². The molecule has 0 atom stereocenters. The van der Waals surface area contributed by atoms with Gasteiger partial charge in [-0.05, 0) is 0 Å². The van der Waals surface area contributed by atoms with Crippen LogP contribution >= 0.6 is 0 Å². The predicted octanol–water partition coefficient (Wildman–Crippen LogP) is -2.02. The summed E-state index contributed by atoms with van der Waals surface area (Å²) in [6, 6.07) is 1.23. The third-order valence-electron chi connectivity index (χ3n) is 2.49. The fraction of sp³-hybridized carbons (Fsp3) is 0.300. The zero-order valence-electron chi connectivity index (χ0n) is 10.2. The summed E-state index contributed by atoms with van der Waals surface area (Å²) in [7, 11) is 1.35. The van der Waals surface area contributed by atoms with Gasteiger partial charge in [-0.2, -0.15) is 5.10 Å². The van der Waals surface area contributed by atoms with E-state index in [2.05, 4.69) is 20.5 Å². The number of nitrogens with zero attached hydrogens (tertiary/aromatic N) is 4. The van der Waals surface area contributed by atoms with E-state index in [1.807, 2.05) is 0 Å². The van der Waals surface area contributed by atoms with Crippen LogP contribution in [-0.4, -0.2) is 30.2 Å². The van der Waals surface area contributed by atoms with Crippen LogP contribution in [0.3, 0.4) is 0 Å². The largest absolute Gasteiger partial charge is 0.347 e. The zero-order valence-corrected chi connectivity index (χ0v) is 10.2. The Morgan fingerprint density at radius 3 is 2.95 bits per heavy atom. The lowest BCUT2D eigenvalue weighted by Crippen LogP contribution is -2.40. The molecule has 2 aromatic heterocycles. The van der Waals surface area contributed by atoms with Crippen molar-refractivity contribution in [3.8, 4) is 0 Å². The molecule has 0 unspecified atom stereocenters. The Bertz CT molecular complexity index is 684. The molecule has 1 amide bonds. The fourth-order valence-corrected chi connectivity index (χ4v) is 1.45. The molecule has 0 saturated carbocycles. The van der Waals surface area contributed by atoms with Gasteiger partial charge in [-0.15, -0.1) is 0 Å². The van der Waals surface area contributed by atoms with Gasteiger partial charge >= 0.3 is 5.69 Å². The minimum atomic E-state index is -0.540. The summed E-state index contributed by atoms with van der Waals surface area (Å²) < 4.78 is 2.08. The predicted molar refractivity (Wildman–Crippen MR) is 64.2 cm³/mol. The average Bonchev–Trinajstić information content (AvgIpc) is 2.90. The van der Waals surface area contributed by atoms with Gasteiger partial charge in [0.05, 0.1) is 6.54 Å². The van der Waals surface area contributed by atoms with Crippen LogP contribution in [0.1, 0.15) is 5.82 Å². The second-order valence-electron chi connectivity index (χ2n) is 3.83. The van der Waals surface area contributed by atoms with Gasteiger partial charge in [0.2, 0.25) is 5.91 Å². The Balaban J connectivity index is 2.01. The summed E-state index contributed by atoms with van der Waals surface area (Å²) in [4.78, 5) is 38.3. The van der Waals surface area contributed by atoms with Crippen LogP contribution in [0.4, 0.5) is 0 Å². The van der Waals surface area contributed by atoms with Crippen molar-refractivity contribution in [2.75, 3.05) is 0 Å². The summed E-state index contributed by atoms with van der Waals surface area (Å²) in [6.07, 6.45) is 2.62. The SMILES string of the molecule is Cn1c(=O)ccn(CC(=O)NCc2ncn[nH]2)c1=O. The Hall–Kier alpha value is -2.71. The normalized spacial score (nSPS) is 10.4. The van der Waals surface area contributed by atoms with Gasteiger partial charge < -0.3 is 5.32 Å². The molecule has 2 rings (SSSR count). The van der Waals surface area contributed by atoms with Crippen molar-refractivity contribution < 1.29 is 4.79 Å². The van der Waals surface area contributed by atoms with Gasteiger partial charge in [0.15, 0.2) is 0 Å². The van der Waals surface area contributed by atoms with Crippen LogP contribution in [-0.2, 0) is 24.9 Å². The van der Waals surface area contributed by atoms with Crippen molar-refractivity contribution in [1.82, 2.24) is 29.6 Å². The summed E-state index contributed by atoms with van der Waals surface area (Å²) in [5.41, 5.74) is -0.953. The van der Waals surface area contributed by atoms with Crippen molar-refractivity contribution >= 4 is 5.91 Å². The Morgan fingerprint density at radius 2 is 2.26 bits per heavy atom. The van der Waals surface area contributed by atoms with E-state index in [1.54, 1.807) is 0 Å². The van der Waals surface area contributed by atoms with Gasteiger partial charge in [0, 0.05) is 19.3 Å². The van der Waals surface area contributed by atoms with Crippen molar-refractivity contribution in [1.29, 1.82) is 0 Å². The van der Waals surface area contributed by atoms with Gasteiger partial charge in [0.1, 0.15) is 18.7 Å². The average molecular weight is 264 g/mol. The van der Waals surface area contributed by atoms with E-state index in [9.17, 15) is 14.4 Å². The fourth-order valence-electron chi connectivity index (χ4n) is 1.45. The van der Waals surface area contributed by atoms with Crippen LogP contribution in [0.25, 0.3) is 0 Å². The Kier molecular flexibility index (Phi) is 3.55. The molecule has 0 spiro atoms. The number of nitrogens with one attached hydrogen (secondary N) is 2. The van der Waals surface area contributed by atoms with Gasteiger partial charge in [-0.3, -0.25) is 23.8 Å². The van der Waals surface area contributed by atoms with Crippen molar-refractivity contribution in [3.05, 3.63) is 45.3 Å². The molecule has 2 N–H and O–H groups in total. The molecule has 2 heterocycles. The molecule has 2 aromatic rings. The highest BCUT2D eigenvalue weighted by molar-refractivity contribution is 5.75. The molecule has 19 heavy (non-hydrogen) atoms. The molecular formula is C10H12N6O3. The third-order valence-corrected chi connectivity index (χ3v) is 2.49. The minimum absolute atomic E-state index is 0.166. The first-order valence-corrected chi connectivity index (χ1v) is 5.45. The number of carbonyl (C=O) groups is 1. The molecule has 0 aliphatic heterocycles. The highest BCUT2D eigenvalue weighted by Crippen LogP contribution is 1.85. The maximum Gasteiger partial charge on any atom is 0.331 e. The smallest absolute Gasteiger partial charge is 0.331 e. The first-order valence-electron chi connectivity index (χ1n) is 5.45. The maximum absolute atomic E-state index is 11.7. The van der Waals surface area contributed by atoms with Gasteiger partial charge in [-0.25, -0.2) is 9.78 Å². The van der Waals surface area contributed by atoms with E-state index in [-0.39, 0.29) is 19.0 Å². The lowest BCUT2D eigenvalue weighted by Gasteiger charge is -2.07. The Morgan fingerprint density at radius 1 is 1.47 bits per heavy atom. The first-order chi connectivity index (χ1) is 9.08. The molecule has 0 aromatic carbocycles. The quantitative estimate of drug-likeness (QED) is 0.661. The molecule has 0 radical (unpaired) electrons. The highest BCUT2D eigenvalue weighted by atomic mass is 16.2. The van der Waals surface area contributed by atoms with Crippen LogP contribution in [0.15, 0.2) is 28.2 Å². The summed E-state index contributed by atoms with van der Waals surface area (Å²) in [5, 5.41) is 8.81. The van der Waals surface area contributed by atoms with E-state index < -0.39 is 11.2 Å². The number of carbonyl (C=O) groups excluding carboxylic acids is 1. The zero-order chi connectivity index (χ0) is 13.8. The molecule has 0 fully saturated rings. The summed E-state index contributed by atoms with van der Waals surface area (Å²) in [6.45, 7) is 0.0282. The third kappa shape index (κ3) is 2.94. The topological polar surface area (TPSA) is 115 Å². The van der Waals surface area contributed by atoms with Gasteiger partial charge in [0.25, 0.3) is 5.56 Å². The number of amides is 1. The van der Waals surface area contributed by atoms with Crippen LogP contribution in [0.5, 0.6) is 0 Å². The van der Waals surface area contributed by atoms with Crippen molar-refractivity contribution in [3.63, 3.8) is 0 Å². The molecule has 9 heteroatoms. The van der Waals surface area contributed by atoms with E-state index in [0.717, 1.165) is 9.13 Å². The lowest BCUT2D eigenvalue weighted by molar-refractivity contribution is -0.121. The number of H-pyrrole nitrogens is 1. The molecule has 0 aliphatic rings. The Labute approximate surface area is 106 Å². The molecule has 0 saturated heterocycles. The maximum atomic E-state index is 11.7.